The fourth-order valence-electron chi connectivity index (χ4n) is 3.10. The molecule has 2 aromatic heterocycles. The molecule has 2 aromatic rings. The lowest BCUT2D eigenvalue weighted by Gasteiger charge is -2.12. The van der Waals surface area contributed by atoms with Crippen molar-refractivity contribution in [1.29, 1.82) is 0 Å². The Morgan fingerprint density at radius 2 is 2.08 bits per heavy atom. The Morgan fingerprint density at radius 3 is 2.69 bits per heavy atom. The van der Waals surface area contributed by atoms with Crippen molar-refractivity contribution in [3.63, 3.8) is 0 Å². The Hall–Kier alpha value is -2.39. The number of urea groups is 1. The molecule has 1 fully saturated rings. The van der Waals surface area contributed by atoms with E-state index in [1.54, 1.807) is 16.6 Å². The summed E-state index contributed by atoms with van der Waals surface area (Å²) >= 11 is 1.39. The smallest absolute Gasteiger partial charge is 0.332 e. The molecule has 3 rings (SSSR count). The van der Waals surface area contributed by atoms with Gasteiger partial charge in [-0.05, 0) is 12.5 Å². The molecule has 9 heteroatoms. The molecule has 3 heterocycles. The van der Waals surface area contributed by atoms with Crippen LogP contribution in [0.2, 0.25) is 0 Å². The monoisotopic (exact) mass is 378 g/mol. The molecular formula is C17H22N4O4S. The molecule has 0 atom stereocenters. The maximum atomic E-state index is 12.9. The van der Waals surface area contributed by atoms with Crippen molar-refractivity contribution in [1.82, 2.24) is 19.4 Å². The van der Waals surface area contributed by atoms with Gasteiger partial charge in [0.05, 0.1) is 25.1 Å². The van der Waals surface area contributed by atoms with E-state index in [0.717, 1.165) is 10.4 Å². The molecule has 26 heavy (non-hydrogen) atoms. The van der Waals surface area contributed by atoms with E-state index in [1.807, 2.05) is 6.92 Å². The van der Waals surface area contributed by atoms with Gasteiger partial charge in [0.1, 0.15) is 4.83 Å². The number of carbonyl (C=O) groups is 1. The highest BCUT2D eigenvalue weighted by Gasteiger charge is 2.24. The molecule has 0 aromatic carbocycles. The molecule has 0 unspecified atom stereocenters. The summed E-state index contributed by atoms with van der Waals surface area (Å²) in [4.78, 5) is 40.7. The van der Waals surface area contributed by atoms with Crippen molar-refractivity contribution < 1.29 is 9.53 Å². The molecule has 1 aliphatic heterocycles. The fourth-order valence-corrected chi connectivity index (χ4v) is 4.43. The number of nitrogens with one attached hydrogen (secondary N) is 1. The predicted molar refractivity (Wildman–Crippen MR) is 101 cm³/mol. The van der Waals surface area contributed by atoms with E-state index in [-0.39, 0.29) is 23.8 Å². The normalized spacial score (nSPS) is 14.2. The SMILES string of the molecule is C=CCn1c(=O)c2c(C)c(CN3CCNC3=O)sc2n(CCOC)c1=O. The number of thiophene rings is 1. The Morgan fingerprint density at radius 1 is 1.31 bits per heavy atom. The molecule has 1 N–H and O–H groups in total. The molecule has 1 aliphatic rings. The summed E-state index contributed by atoms with van der Waals surface area (Å²) in [5.41, 5.74) is 0.134. The van der Waals surface area contributed by atoms with E-state index in [9.17, 15) is 14.4 Å². The van der Waals surface area contributed by atoms with Gasteiger partial charge in [-0.2, -0.15) is 0 Å². The number of allylic oxidation sites excluding steroid dienone is 1. The van der Waals surface area contributed by atoms with Crippen molar-refractivity contribution >= 4 is 27.6 Å². The summed E-state index contributed by atoms with van der Waals surface area (Å²) in [7, 11) is 1.57. The van der Waals surface area contributed by atoms with Crippen LogP contribution in [0.15, 0.2) is 22.2 Å². The van der Waals surface area contributed by atoms with Gasteiger partial charge in [0.15, 0.2) is 0 Å². The van der Waals surface area contributed by atoms with Crippen LogP contribution in [0.4, 0.5) is 4.79 Å². The van der Waals surface area contributed by atoms with Crippen molar-refractivity contribution in [3.05, 3.63) is 43.9 Å². The van der Waals surface area contributed by atoms with Gasteiger partial charge in [-0.1, -0.05) is 6.08 Å². The number of rotatable bonds is 7. The van der Waals surface area contributed by atoms with Gasteiger partial charge in [0, 0.05) is 31.6 Å². The van der Waals surface area contributed by atoms with Crippen molar-refractivity contribution in [2.75, 3.05) is 26.8 Å². The van der Waals surface area contributed by atoms with E-state index < -0.39 is 0 Å². The lowest BCUT2D eigenvalue weighted by molar-refractivity contribution is 0.186. The van der Waals surface area contributed by atoms with E-state index in [4.69, 9.17) is 4.74 Å². The van der Waals surface area contributed by atoms with Crippen LogP contribution in [0.1, 0.15) is 10.4 Å². The van der Waals surface area contributed by atoms with Gasteiger partial charge in [0.25, 0.3) is 5.56 Å². The third-order valence-corrected chi connectivity index (χ3v) is 5.80. The first kappa shape index (κ1) is 18.4. The number of hydrogen-bond donors (Lipinski definition) is 1. The number of ether oxygens (including phenoxy) is 1. The van der Waals surface area contributed by atoms with Gasteiger partial charge in [-0.15, -0.1) is 17.9 Å². The van der Waals surface area contributed by atoms with Crippen LogP contribution in [0.5, 0.6) is 0 Å². The molecule has 0 bridgehead atoms. The molecule has 0 aliphatic carbocycles. The topological polar surface area (TPSA) is 85.6 Å². The molecule has 0 radical (unpaired) electrons. The zero-order valence-corrected chi connectivity index (χ0v) is 15.7. The second-order valence-electron chi connectivity index (χ2n) is 6.12. The largest absolute Gasteiger partial charge is 0.383 e. The van der Waals surface area contributed by atoms with E-state index in [0.29, 0.717) is 43.0 Å². The summed E-state index contributed by atoms with van der Waals surface area (Å²) in [6.45, 7) is 8.05. The quantitative estimate of drug-likeness (QED) is 0.725. The first-order valence-corrected chi connectivity index (χ1v) is 9.19. The van der Waals surface area contributed by atoms with Crippen molar-refractivity contribution in [2.24, 2.45) is 0 Å². The standard InChI is InChI=1S/C17H22N4O4S/c1-4-6-20-14(22)13-11(2)12(10-19-7-5-18-16(19)23)26-15(13)21(17(20)24)8-9-25-3/h4H,1,5-10H2,2-3H3,(H,18,23). The lowest BCUT2D eigenvalue weighted by Crippen LogP contribution is -2.40. The summed E-state index contributed by atoms with van der Waals surface area (Å²) in [6.07, 6.45) is 1.53. The number of methoxy groups -OCH3 is 1. The Labute approximate surface area is 154 Å². The molecular weight excluding hydrogens is 356 g/mol. The summed E-state index contributed by atoms with van der Waals surface area (Å²) in [5.74, 6) is 0. The fraction of sp³-hybridized carbons (Fsp3) is 0.471. The van der Waals surface area contributed by atoms with Crippen LogP contribution in [-0.4, -0.2) is 46.9 Å². The number of nitrogens with zero attached hydrogens (tertiary/aromatic N) is 3. The maximum Gasteiger partial charge on any atom is 0.332 e. The predicted octanol–water partition coefficient (Wildman–Crippen LogP) is 0.891. The highest BCUT2D eigenvalue weighted by molar-refractivity contribution is 7.18. The minimum atomic E-state index is -0.369. The third kappa shape index (κ3) is 3.08. The molecule has 0 spiro atoms. The third-order valence-electron chi connectivity index (χ3n) is 4.50. The van der Waals surface area contributed by atoms with Crippen LogP contribution in [0, 0.1) is 6.92 Å². The van der Waals surface area contributed by atoms with Gasteiger partial charge in [0.2, 0.25) is 0 Å². The van der Waals surface area contributed by atoms with Gasteiger partial charge in [-0.3, -0.25) is 13.9 Å². The highest BCUT2D eigenvalue weighted by atomic mass is 32.1. The number of aryl methyl sites for hydroxylation is 1. The summed E-state index contributed by atoms with van der Waals surface area (Å²) in [5, 5.41) is 3.30. The minimum Gasteiger partial charge on any atom is -0.383 e. The second-order valence-corrected chi connectivity index (χ2v) is 7.20. The van der Waals surface area contributed by atoms with E-state index in [2.05, 4.69) is 11.9 Å². The molecule has 2 amide bonds. The Bertz CT molecular complexity index is 972. The molecule has 0 saturated carbocycles. The number of carbonyl (C=O) groups excluding carboxylic acids is 1. The van der Waals surface area contributed by atoms with E-state index >= 15 is 0 Å². The number of amides is 2. The van der Waals surface area contributed by atoms with Gasteiger partial charge < -0.3 is 15.0 Å². The maximum absolute atomic E-state index is 12.9. The first-order chi connectivity index (χ1) is 12.5. The number of aromatic nitrogens is 2. The Balaban J connectivity index is 2.18. The molecule has 1 saturated heterocycles. The summed E-state index contributed by atoms with van der Waals surface area (Å²) < 4.78 is 7.88. The van der Waals surface area contributed by atoms with Gasteiger partial charge >= 0.3 is 11.7 Å². The molecule has 8 nitrogen and oxygen atoms in total. The van der Waals surface area contributed by atoms with Crippen molar-refractivity contribution in [3.8, 4) is 0 Å². The van der Waals surface area contributed by atoms with E-state index in [1.165, 1.54) is 22.0 Å². The first-order valence-electron chi connectivity index (χ1n) is 8.37. The molecule has 140 valence electrons. The average molecular weight is 378 g/mol. The Kier molecular flexibility index (Phi) is 5.28. The van der Waals surface area contributed by atoms with Crippen LogP contribution >= 0.6 is 11.3 Å². The second kappa shape index (κ2) is 7.46. The van der Waals surface area contributed by atoms with Crippen molar-refractivity contribution in [2.45, 2.75) is 26.6 Å². The van der Waals surface area contributed by atoms with Crippen LogP contribution < -0.4 is 16.6 Å². The van der Waals surface area contributed by atoms with Crippen LogP contribution in [-0.2, 0) is 24.4 Å². The van der Waals surface area contributed by atoms with Crippen LogP contribution in [0.25, 0.3) is 10.2 Å². The van der Waals surface area contributed by atoms with Gasteiger partial charge in [-0.25, -0.2) is 9.59 Å². The minimum absolute atomic E-state index is 0.109. The number of hydrogen-bond acceptors (Lipinski definition) is 5. The number of fused-ring (bicyclic) bond motifs is 1. The highest BCUT2D eigenvalue weighted by Crippen LogP contribution is 2.29. The van der Waals surface area contributed by atoms with Crippen LogP contribution in [0.3, 0.4) is 0 Å². The lowest BCUT2D eigenvalue weighted by atomic mass is 10.2. The zero-order chi connectivity index (χ0) is 18.8. The summed E-state index contributed by atoms with van der Waals surface area (Å²) in [6, 6.07) is -0.109. The zero-order valence-electron chi connectivity index (χ0n) is 14.9. The average Bonchev–Trinajstić information content (AvgIpc) is 3.16.